The largest absolute Gasteiger partial charge is 0.237 e. The summed E-state index contributed by atoms with van der Waals surface area (Å²) in [7, 11) is 0. The number of hydrogen-bond acceptors (Lipinski definition) is 1. The van der Waals surface area contributed by atoms with E-state index in [0.717, 1.165) is 19.3 Å². The molecule has 1 radical (unpaired) electrons. The molecule has 2 heteroatoms. The Kier molecular flexibility index (Phi) is 17.0. The fourth-order valence-corrected chi connectivity index (χ4v) is 2.86. The zero-order valence-electron chi connectivity index (χ0n) is 13.8. The Morgan fingerprint density at radius 3 is 2.00 bits per heavy atom. The Labute approximate surface area is 136 Å². The zero-order valence-corrected chi connectivity index (χ0v) is 14.6. The number of hydrogen-bond donors (Lipinski definition) is 0. The second-order valence-electron chi connectivity index (χ2n) is 5.46. The molecule has 21 heavy (non-hydrogen) atoms. The lowest BCUT2D eigenvalue weighted by Gasteiger charge is -2.00. The molecule has 0 aromatic carbocycles. The van der Waals surface area contributed by atoms with Crippen LogP contribution in [0.3, 0.4) is 0 Å². The lowest BCUT2D eigenvalue weighted by Crippen LogP contribution is -1.83. The van der Waals surface area contributed by atoms with E-state index in [1.165, 1.54) is 56.2 Å². The van der Waals surface area contributed by atoms with Gasteiger partial charge in [-0.05, 0) is 24.3 Å². The van der Waals surface area contributed by atoms with Crippen LogP contribution in [0.1, 0.15) is 76.0 Å². The second-order valence-corrected chi connectivity index (χ2v) is 6.49. The van der Waals surface area contributed by atoms with Crippen molar-refractivity contribution in [2.75, 3.05) is 6.61 Å². The maximum Gasteiger partial charge on any atom is 0.0822 e. The van der Waals surface area contributed by atoms with Crippen molar-refractivity contribution in [2.24, 2.45) is 0 Å². The van der Waals surface area contributed by atoms with Gasteiger partial charge in [-0.25, -0.2) is 5.11 Å². The summed E-state index contributed by atoms with van der Waals surface area (Å²) >= 11 is 1.78. The van der Waals surface area contributed by atoms with Gasteiger partial charge in [0.2, 0.25) is 0 Å². The van der Waals surface area contributed by atoms with Crippen LogP contribution in [0, 0.1) is 0 Å². The number of rotatable bonds is 12. The molecule has 0 unspecified atom stereocenters. The molecule has 0 saturated heterocycles. The summed E-state index contributed by atoms with van der Waals surface area (Å²) in [6, 6.07) is 4.18. The Morgan fingerprint density at radius 1 is 1.00 bits per heavy atom. The molecule has 0 bridgehead atoms. The van der Waals surface area contributed by atoms with Crippen LogP contribution in [0.4, 0.5) is 0 Å². The van der Waals surface area contributed by atoms with Crippen LogP contribution in [0.15, 0.2) is 30.2 Å². The molecular formula is C19H33OS. The van der Waals surface area contributed by atoms with Gasteiger partial charge in [-0.15, -0.1) is 17.9 Å². The van der Waals surface area contributed by atoms with Gasteiger partial charge in [0.25, 0.3) is 0 Å². The van der Waals surface area contributed by atoms with E-state index < -0.39 is 0 Å². The monoisotopic (exact) mass is 309 g/mol. The van der Waals surface area contributed by atoms with Crippen LogP contribution in [0.25, 0.3) is 0 Å². The predicted octanol–water partition coefficient (Wildman–Crippen LogP) is 6.81. The standard InChI is InChI=1S/C12H25O.C7H8S/c1-2-3-4-5-6-7-8-9-10-11-12-13;1-2-4-7-5-3-6-8-7/h2-12H2,1H3;2-3,5-6H,1,4H2. The van der Waals surface area contributed by atoms with Gasteiger partial charge in [0.1, 0.15) is 0 Å². The molecule has 0 N–H and O–H groups in total. The lowest BCUT2D eigenvalue weighted by atomic mass is 10.1. The molecule has 0 aliphatic rings. The van der Waals surface area contributed by atoms with Gasteiger partial charge in [0, 0.05) is 4.88 Å². The highest BCUT2D eigenvalue weighted by molar-refractivity contribution is 7.09. The summed E-state index contributed by atoms with van der Waals surface area (Å²) in [6.45, 7) is 6.02. The van der Waals surface area contributed by atoms with Crippen molar-refractivity contribution in [1.82, 2.24) is 0 Å². The first-order valence-electron chi connectivity index (χ1n) is 8.56. The molecule has 0 aliphatic carbocycles. The van der Waals surface area contributed by atoms with Crippen molar-refractivity contribution in [3.63, 3.8) is 0 Å². The average Bonchev–Trinajstić information content (AvgIpc) is 3.00. The van der Waals surface area contributed by atoms with E-state index in [1.54, 1.807) is 11.3 Å². The lowest BCUT2D eigenvalue weighted by molar-refractivity contribution is 0.186. The minimum atomic E-state index is 0.122. The molecule has 1 aromatic heterocycles. The van der Waals surface area contributed by atoms with Crippen LogP contribution < -0.4 is 0 Å². The van der Waals surface area contributed by atoms with Crippen LogP contribution in [0.2, 0.25) is 0 Å². The average molecular weight is 310 g/mol. The molecule has 1 nitrogen and oxygen atoms in total. The van der Waals surface area contributed by atoms with E-state index in [0.29, 0.717) is 0 Å². The first-order valence-corrected chi connectivity index (χ1v) is 9.44. The topological polar surface area (TPSA) is 19.9 Å². The van der Waals surface area contributed by atoms with Crippen LogP contribution in [-0.4, -0.2) is 6.61 Å². The molecule has 121 valence electrons. The zero-order chi connectivity index (χ0) is 15.6. The van der Waals surface area contributed by atoms with Gasteiger partial charge in [-0.3, -0.25) is 0 Å². The summed E-state index contributed by atoms with van der Waals surface area (Å²) in [5.74, 6) is 0. The molecule has 0 aliphatic heterocycles. The van der Waals surface area contributed by atoms with E-state index in [2.05, 4.69) is 31.0 Å². The van der Waals surface area contributed by atoms with E-state index >= 15 is 0 Å². The second kappa shape index (κ2) is 17.5. The molecule has 1 rings (SSSR count). The van der Waals surface area contributed by atoms with Crippen molar-refractivity contribution >= 4 is 11.3 Å². The van der Waals surface area contributed by atoms with Crippen molar-refractivity contribution < 1.29 is 5.11 Å². The van der Waals surface area contributed by atoms with Crippen molar-refractivity contribution in [2.45, 2.75) is 77.6 Å². The summed E-state index contributed by atoms with van der Waals surface area (Å²) in [6.07, 6.45) is 15.9. The third-order valence-electron chi connectivity index (χ3n) is 3.42. The molecule has 0 spiro atoms. The number of allylic oxidation sites excluding steroid dienone is 1. The highest BCUT2D eigenvalue weighted by Gasteiger charge is 1.91. The fraction of sp³-hybridized carbons (Fsp3) is 0.684. The summed E-state index contributed by atoms with van der Waals surface area (Å²) in [5.41, 5.74) is 0. The van der Waals surface area contributed by atoms with E-state index in [9.17, 15) is 5.11 Å². The van der Waals surface area contributed by atoms with E-state index in [4.69, 9.17) is 0 Å². The van der Waals surface area contributed by atoms with Crippen molar-refractivity contribution in [1.29, 1.82) is 0 Å². The van der Waals surface area contributed by atoms with Crippen molar-refractivity contribution in [3.8, 4) is 0 Å². The predicted molar refractivity (Wildman–Crippen MR) is 95.6 cm³/mol. The van der Waals surface area contributed by atoms with Crippen molar-refractivity contribution in [3.05, 3.63) is 35.0 Å². The van der Waals surface area contributed by atoms with Gasteiger partial charge in [-0.2, -0.15) is 0 Å². The number of thiophene rings is 1. The summed E-state index contributed by atoms with van der Waals surface area (Å²) < 4.78 is 0. The first kappa shape index (κ1) is 20.4. The van der Waals surface area contributed by atoms with Crippen LogP contribution in [-0.2, 0) is 11.5 Å². The Hall–Kier alpha value is -0.600. The van der Waals surface area contributed by atoms with E-state index in [1.807, 2.05) is 6.08 Å². The highest BCUT2D eigenvalue weighted by Crippen LogP contribution is 2.10. The minimum absolute atomic E-state index is 0.122. The molecule has 0 saturated carbocycles. The smallest absolute Gasteiger partial charge is 0.0822 e. The van der Waals surface area contributed by atoms with Gasteiger partial charge >= 0.3 is 0 Å². The Morgan fingerprint density at radius 2 is 1.57 bits per heavy atom. The third-order valence-corrected chi connectivity index (χ3v) is 4.32. The summed E-state index contributed by atoms with van der Waals surface area (Å²) in [5, 5.41) is 12.2. The van der Waals surface area contributed by atoms with Gasteiger partial charge in [-0.1, -0.05) is 76.9 Å². The normalized spacial score (nSPS) is 10.0. The maximum atomic E-state index is 10.1. The maximum absolute atomic E-state index is 10.1. The minimum Gasteiger partial charge on any atom is -0.237 e. The summed E-state index contributed by atoms with van der Waals surface area (Å²) in [4.78, 5) is 1.39. The van der Waals surface area contributed by atoms with Crippen LogP contribution >= 0.6 is 11.3 Å². The van der Waals surface area contributed by atoms with Gasteiger partial charge in [0.05, 0.1) is 6.61 Å². The SMILES string of the molecule is C=CCc1cccs1.CCCCCCCCCCCC[O]. The first-order chi connectivity index (χ1) is 10.3. The third kappa shape index (κ3) is 15.6. The Balaban J connectivity index is 0.000000423. The molecule has 0 amide bonds. The highest BCUT2D eigenvalue weighted by atomic mass is 32.1. The van der Waals surface area contributed by atoms with Gasteiger partial charge < -0.3 is 0 Å². The molecular weight excluding hydrogens is 276 g/mol. The molecule has 1 heterocycles. The van der Waals surface area contributed by atoms with Gasteiger partial charge in [0.15, 0.2) is 0 Å². The molecule has 0 atom stereocenters. The molecule has 0 fully saturated rings. The fourth-order valence-electron chi connectivity index (χ4n) is 2.16. The molecule has 1 aromatic rings. The van der Waals surface area contributed by atoms with Crippen LogP contribution in [0.5, 0.6) is 0 Å². The van der Waals surface area contributed by atoms with E-state index in [-0.39, 0.29) is 6.61 Å². The quantitative estimate of drug-likeness (QED) is 0.298. The Bertz CT molecular complexity index is 283. The number of unbranched alkanes of at least 4 members (excludes halogenated alkanes) is 9.